The van der Waals surface area contributed by atoms with Crippen molar-refractivity contribution < 1.29 is 17.9 Å². The number of carbonyl (C=O) groups excluding carboxylic acids is 1. The van der Waals surface area contributed by atoms with E-state index >= 15 is 0 Å². The maximum Gasteiger partial charge on any atom is 0.262 e. The summed E-state index contributed by atoms with van der Waals surface area (Å²) in [5.74, 6) is -0.217. The zero-order chi connectivity index (χ0) is 28.3. The molecular formula is C31H38N4O4S. The van der Waals surface area contributed by atoms with Crippen molar-refractivity contribution in [1.29, 1.82) is 0 Å². The van der Waals surface area contributed by atoms with E-state index in [4.69, 9.17) is 4.74 Å². The first kappa shape index (κ1) is 28.1. The van der Waals surface area contributed by atoms with Crippen LogP contribution in [0.15, 0.2) is 59.5 Å². The first-order valence-electron chi connectivity index (χ1n) is 13.9. The number of ether oxygens (including phenoxy) is 1. The van der Waals surface area contributed by atoms with E-state index in [9.17, 15) is 13.2 Å². The Balaban J connectivity index is 1.42. The second kappa shape index (κ2) is 12.0. The van der Waals surface area contributed by atoms with Gasteiger partial charge in [0.05, 0.1) is 23.7 Å². The SMILES string of the molecule is Cc1cc(C)c(S(=O)(=O)Nc2ccc(N3CCc4ccccc4C3)c(C(=O)NCCN3CCOCC3)c2)c(C)c1. The molecule has 5 rings (SSSR count). The summed E-state index contributed by atoms with van der Waals surface area (Å²) in [7, 11) is -3.86. The van der Waals surface area contributed by atoms with Gasteiger partial charge in [-0.1, -0.05) is 42.0 Å². The lowest BCUT2D eigenvalue weighted by molar-refractivity contribution is 0.0383. The van der Waals surface area contributed by atoms with Gasteiger partial charge in [-0.05, 0) is 67.6 Å². The number of hydrogen-bond donors (Lipinski definition) is 2. The summed E-state index contributed by atoms with van der Waals surface area (Å²) in [6.07, 6.45) is 0.884. The van der Waals surface area contributed by atoms with Crippen molar-refractivity contribution in [2.45, 2.75) is 38.6 Å². The number of nitrogens with one attached hydrogen (secondary N) is 2. The summed E-state index contributed by atoms with van der Waals surface area (Å²) in [6, 6.07) is 17.4. The second-order valence-electron chi connectivity index (χ2n) is 10.7. The second-order valence-corrected chi connectivity index (χ2v) is 12.3. The normalized spacial score (nSPS) is 15.9. The Morgan fingerprint density at radius 2 is 1.62 bits per heavy atom. The molecule has 0 atom stereocenters. The monoisotopic (exact) mass is 562 g/mol. The molecule has 3 aromatic rings. The van der Waals surface area contributed by atoms with E-state index < -0.39 is 10.0 Å². The number of sulfonamides is 1. The van der Waals surface area contributed by atoms with E-state index in [-0.39, 0.29) is 10.8 Å². The van der Waals surface area contributed by atoms with E-state index in [1.54, 1.807) is 26.0 Å². The quantitative estimate of drug-likeness (QED) is 0.431. The molecular weight excluding hydrogens is 524 g/mol. The van der Waals surface area contributed by atoms with Crippen molar-refractivity contribution in [3.8, 4) is 0 Å². The van der Waals surface area contributed by atoms with Gasteiger partial charge in [-0.25, -0.2) is 8.42 Å². The highest BCUT2D eigenvalue weighted by atomic mass is 32.2. The van der Waals surface area contributed by atoms with Gasteiger partial charge >= 0.3 is 0 Å². The summed E-state index contributed by atoms with van der Waals surface area (Å²) in [5.41, 5.74) is 6.56. The highest BCUT2D eigenvalue weighted by molar-refractivity contribution is 7.92. The Labute approximate surface area is 237 Å². The van der Waals surface area contributed by atoms with Crippen LogP contribution in [0, 0.1) is 20.8 Å². The maximum atomic E-state index is 13.6. The van der Waals surface area contributed by atoms with Crippen LogP contribution in [0.4, 0.5) is 11.4 Å². The van der Waals surface area contributed by atoms with Crippen LogP contribution in [0.1, 0.15) is 38.2 Å². The van der Waals surface area contributed by atoms with E-state index in [2.05, 4.69) is 38.0 Å². The molecule has 3 aromatic carbocycles. The van der Waals surface area contributed by atoms with Crippen LogP contribution in [-0.4, -0.2) is 65.2 Å². The molecule has 1 amide bonds. The summed E-state index contributed by atoms with van der Waals surface area (Å²) < 4.78 is 35.1. The largest absolute Gasteiger partial charge is 0.379 e. The van der Waals surface area contributed by atoms with Crippen LogP contribution in [0.2, 0.25) is 0 Å². The molecule has 1 saturated heterocycles. The maximum absolute atomic E-state index is 13.6. The lowest BCUT2D eigenvalue weighted by atomic mass is 9.98. The minimum atomic E-state index is -3.86. The molecule has 0 saturated carbocycles. The number of anilines is 2. The summed E-state index contributed by atoms with van der Waals surface area (Å²) in [5, 5.41) is 3.07. The van der Waals surface area contributed by atoms with E-state index in [0.29, 0.717) is 48.7 Å². The first-order chi connectivity index (χ1) is 19.2. The topological polar surface area (TPSA) is 91.0 Å². The molecule has 0 aromatic heterocycles. The average molecular weight is 563 g/mol. The van der Waals surface area contributed by atoms with Crippen molar-refractivity contribution in [1.82, 2.24) is 10.2 Å². The summed E-state index contributed by atoms with van der Waals surface area (Å²) >= 11 is 0. The lowest BCUT2D eigenvalue weighted by Gasteiger charge is -2.32. The molecule has 2 aliphatic heterocycles. The van der Waals surface area contributed by atoms with Gasteiger partial charge in [-0.3, -0.25) is 14.4 Å². The molecule has 8 nitrogen and oxygen atoms in total. The van der Waals surface area contributed by atoms with Crippen LogP contribution in [0.3, 0.4) is 0 Å². The summed E-state index contributed by atoms with van der Waals surface area (Å²) in [4.78, 5) is 18.3. The van der Waals surface area contributed by atoms with Gasteiger partial charge in [0.15, 0.2) is 0 Å². The van der Waals surface area contributed by atoms with Crippen molar-refractivity contribution >= 4 is 27.3 Å². The van der Waals surface area contributed by atoms with Crippen LogP contribution >= 0.6 is 0 Å². The third-order valence-electron chi connectivity index (χ3n) is 7.66. The zero-order valence-corrected chi connectivity index (χ0v) is 24.3. The number of rotatable bonds is 8. The Morgan fingerprint density at radius 3 is 2.35 bits per heavy atom. The average Bonchev–Trinajstić information content (AvgIpc) is 2.92. The Bertz CT molecular complexity index is 1480. The molecule has 0 unspecified atom stereocenters. The number of amides is 1. The molecule has 0 aliphatic carbocycles. The minimum absolute atomic E-state index is 0.217. The number of fused-ring (bicyclic) bond motifs is 1. The number of carbonyl (C=O) groups is 1. The smallest absolute Gasteiger partial charge is 0.262 e. The van der Waals surface area contributed by atoms with Crippen LogP contribution in [0.25, 0.3) is 0 Å². The molecule has 2 N–H and O–H groups in total. The molecule has 40 heavy (non-hydrogen) atoms. The minimum Gasteiger partial charge on any atom is -0.379 e. The Hall–Kier alpha value is -3.40. The van der Waals surface area contributed by atoms with Crippen LogP contribution < -0.4 is 14.9 Å². The molecule has 9 heteroatoms. The molecule has 0 spiro atoms. The third-order valence-corrected chi connectivity index (χ3v) is 9.34. The van der Waals surface area contributed by atoms with Crippen molar-refractivity contribution in [3.63, 3.8) is 0 Å². The Kier molecular flexibility index (Phi) is 8.44. The van der Waals surface area contributed by atoms with Crippen molar-refractivity contribution in [3.05, 3.63) is 88.0 Å². The van der Waals surface area contributed by atoms with Crippen molar-refractivity contribution in [2.24, 2.45) is 0 Å². The predicted molar refractivity (Wildman–Crippen MR) is 159 cm³/mol. The number of benzene rings is 3. The molecule has 2 aliphatic rings. The van der Waals surface area contributed by atoms with Gasteiger partial charge in [0.1, 0.15) is 0 Å². The molecule has 0 bridgehead atoms. The van der Waals surface area contributed by atoms with Gasteiger partial charge in [-0.2, -0.15) is 0 Å². The zero-order valence-electron chi connectivity index (χ0n) is 23.5. The van der Waals surface area contributed by atoms with Gasteiger partial charge in [0, 0.05) is 50.6 Å². The van der Waals surface area contributed by atoms with Gasteiger partial charge in [-0.15, -0.1) is 0 Å². The van der Waals surface area contributed by atoms with E-state index in [0.717, 1.165) is 43.9 Å². The predicted octanol–water partition coefficient (Wildman–Crippen LogP) is 4.04. The fraction of sp³-hybridized carbons (Fsp3) is 0.387. The van der Waals surface area contributed by atoms with Gasteiger partial charge in [0.2, 0.25) is 0 Å². The summed E-state index contributed by atoms with van der Waals surface area (Å²) in [6.45, 7) is 11.4. The van der Waals surface area contributed by atoms with Gasteiger partial charge < -0.3 is 15.0 Å². The van der Waals surface area contributed by atoms with E-state index in [1.165, 1.54) is 11.1 Å². The molecule has 2 heterocycles. The molecule has 212 valence electrons. The number of hydrogen-bond acceptors (Lipinski definition) is 6. The number of aryl methyl sites for hydroxylation is 3. The van der Waals surface area contributed by atoms with Crippen molar-refractivity contribution in [2.75, 3.05) is 55.6 Å². The highest BCUT2D eigenvalue weighted by Crippen LogP contribution is 2.31. The first-order valence-corrected chi connectivity index (χ1v) is 15.3. The number of nitrogens with zero attached hydrogens (tertiary/aromatic N) is 2. The molecule has 0 radical (unpaired) electrons. The van der Waals surface area contributed by atoms with Crippen LogP contribution in [-0.2, 0) is 27.7 Å². The van der Waals surface area contributed by atoms with Gasteiger partial charge in [0.25, 0.3) is 15.9 Å². The highest BCUT2D eigenvalue weighted by Gasteiger charge is 2.24. The third kappa shape index (κ3) is 6.32. The Morgan fingerprint density at radius 1 is 0.925 bits per heavy atom. The number of morpholine rings is 1. The van der Waals surface area contributed by atoms with E-state index in [1.807, 2.05) is 31.2 Å². The fourth-order valence-electron chi connectivity index (χ4n) is 5.80. The lowest BCUT2D eigenvalue weighted by Crippen LogP contribution is -2.41. The molecule has 1 fully saturated rings. The standard InChI is InChI=1S/C31H38N4O4S/c1-22-18-23(2)30(24(3)19-22)40(37,38)33-27-8-9-29(35-12-10-25-6-4-5-7-26(25)21-35)28(20-27)31(36)32-11-13-34-14-16-39-17-15-34/h4-9,18-20,33H,10-17,21H2,1-3H3,(H,32,36). The van der Waals surface area contributed by atoms with Crippen LogP contribution in [0.5, 0.6) is 0 Å². The fourth-order valence-corrected chi connectivity index (χ4v) is 7.31.